The number of hydrogen-bond acceptors (Lipinski definition) is 2. The fourth-order valence-corrected chi connectivity index (χ4v) is 2.75. The van der Waals surface area contributed by atoms with Crippen molar-refractivity contribution < 1.29 is 23.1 Å². The molecular weight excluding hydrogens is 259 g/mol. The summed E-state index contributed by atoms with van der Waals surface area (Å²) in [5, 5.41) is 9.33. The van der Waals surface area contributed by atoms with E-state index in [9.17, 15) is 23.1 Å². The molecule has 0 amide bonds. The molecule has 0 heterocycles. The van der Waals surface area contributed by atoms with Gasteiger partial charge in [-0.1, -0.05) is 18.2 Å². The van der Waals surface area contributed by atoms with Crippen LogP contribution < -0.4 is 5.73 Å². The Balaban J connectivity index is 2.48. The highest BCUT2D eigenvalue weighted by molar-refractivity contribution is 5.83. The smallest absolute Gasteiger partial charge is 0.416 e. The second-order valence-corrected chi connectivity index (χ2v) is 4.94. The van der Waals surface area contributed by atoms with E-state index in [1.165, 1.54) is 18.2 Å². The van der Waals surface area contributed by atoms with Gasteiger partial charge in [0.05, 0.1) is 11.0 Å². The molecule has 0 saturated heterocycles. The first-order valence-electron chi connectivity index (χ1n) is 5.91. The van der Waals surface area contributed by atoms with Gasteiger partial charge in [0.15, 0.2) is 0 Å². The van der Waals surface area contributed by atoms with Gasteiger partial charge in [-0.2, -0.15) is 13.2 Å². The third-order valence-corrected chi connectivity index (χ3v) is 3.77. The summed E-state index contributed by atoms with van der Waals surface area (Å²) in [5.74, 6) is -1.24. The molecule has 1 aromatic carbocycles. The summed E-state index contributed by atoms with van der Waals surface area (Å²) in [6.07, 6.45) is -4.23. The first-order chi connectivity index (χ1) is 8.81. The van der Waals surface area contributed by atoms with Crippen molar-refractivity contribution in [1.29, 1.82) is 0 Å². The molecule has 0 radical (unpaired) electrons. The molecule has 6 heteroatoms. The third-order valence-electron chi connectivity index (χ3n) is 3.77. The molecule has 1 aromatic rings. The maximum Gasteiger partial charge on any atom is 0.416 e. The lowest BCUT2D eigenvalue weighted by Gasteiger charge is -2.45. The van der Waals surface area contributed by atoms with Crippen molar-refractivity contribution >= 4 is 5.97 Å². The van der Waals surface area contributed by atoms with E-state index in [2.05, 4.69) is 0 Å². The Morgan fingerprint density at radius 3 is 2.42 bits per heavy atom. The van der Waals surface area contributed by atoms with Crippen LogP contribution in [0.2, 0.25) is 0 Å². The summed E-state index contributed by atoms with van der Waals surface area (Å²) in [7, 11) is 0. The van der Waals surface area contributed by atoms with Crippen LogP contribution >= 0.6 is 0 Å². The van der Waals surface area contributed by atoms with Crippen LogP contribution in [0.3, 0.4) is 0 Å². The van der Waals surface area contributed by atoms with Crippen LogP contribution in [0.5, 0.6) is 0 Å². The number of aliphatic carboxylic acids is 1. The second-order valence-electron chi connectivity index (χ2n) is 4.94. The second kappa shape index (κ2) is 4.52. The van der Waals surface area contributed by atoms with Crippen LogP contribution in [0.25, 0.3) is 0 Å². The molecule has 0 atom stereocenters. The van der Waals surface area contributed by atoms with Gasteiger partial charge in [0.25, 0.3) is 0 Å². The minimum absolute atomic E-state index is 0.0302. The molecule has 0 aromatic heterocycles. The van der Waals surface area contributed by atoms with Gasteiger partial charge in [-0.05, 0) is 36.9 Å². The van der Waals surface area contributed by atoms with E-state index in [4.69, 9.17) is 5.73 Å². The van der Waals surface area contributed by atoms with E-state index in [0.717, 1.165) is 6.07 Å². The maximum atomic E-state index is 13.0. The first-order valence-corrected chi connectivity index (χ1v) is 5.91. The van der Waals surface area contributed by atoms with Crippen molar-refractivity contribution in [2.75, 3.05) is 6.54 Å². The van der Waals surface area contributed by atoms with Gasteiger partial charge in [-0.3, -0.25) is 4.79 Å². The van der Waals surface area contributed by atoms with Gasteiger partial charge in [-0.25, -0.2) is 0 Å². The molecule has 3 N–H and O–H groups in total. The average molecular weight is 273 g/mol. The van der Waals surface area contributed by atoms with Crippen LogP contribution in [0.4, 0.5) is 13.2 Å². The van der Waals surface area contributed by atoms with Gasteiger partial charge >= 0.3 is 12.1 Å². The Labute approximate surface area is 108 Å². The lowest BCUT2D eigenvalue weighted by molar-refractivity contribution is -0.152. The molecule has 0 aliphatic heterocycles. The summed E-state index contributed by atoms with van der Waals surface area (Å²) >= 11 is 0. The van der Waals surface area contributed by atoms with Gasteiger partial charge in [0.1, 0.15) is 0 Å². The molecule has 2 rings (SSSR count). The molecule has 104 valence electrons. The predicted molar refractivity (Wildman–Crippen MR) is 62.5 cm³/mol. The zero-order valence-corrected chi connectivity index (χ0v) is 10.1. The molecule has 1 aliphatic carbocycles. The Hall–Kier alpha value is -1.56. The molecular formula is C13H14F3NO2. The summed E-state index contributed by atoms with van der Waals surface area (Å²) in [6, 6.07) is 4.88. The summed E-state index contributed by atoms with van der Waals surface area (Å²) in [6.45, 7) is 0.295. The van der Waals surface area contributed by atoms with Crippen molar-refractivity contribution in [2.24, 2.45) is 11.7 Å². The lowest BCUT2D eigenvalue weighted by Crippen LogP contribution is -2.50. The van der Waals surface area contributed by atoms with Crippen LogP contribution in [-0.4, -0.2) is 17.6 Å². The summed E-state index contributed by atoms with van der Waals surface area (Å²) < 4.78 is 38.9. The van der Waals surface area contributed by atoms with Crippen LogP contribution in [0.15, 0.2) is 24.3 Å². The highest BCUT2D eigenvalue weighted by Crippen LogP contribution is 2.50. The molecule has 0 bridgehead atoms. The standard InChI is InChI=1S/C13H14F3NO2/c14-13(15,16)10-4-2-1-3-9(10)12(11(18)19)5-8(6-12)7-17/h1-4,8H,5-7,17H2,(H,18,19). The van der Waals surface area contributed by atoms with Gasteiger partial charge in [0, 0.05) is 0 Å². The number of alkyl halides is 3. The zero-order chi connectivity index (χ0) is 14.3. The Kier molecular flexibility index (Phi) is 3.30. The highest BCUT2D eigenvalue weighted by Gasteiger charge is 2.54. The SMILES string of the molecule is NCC1CC(C(=O)O)(c2ccccc2C(F)(F)F)C1. The largest absolute Gasteiger partial charge is 0.481 e. The fourth-order valence-electron chi connectivity index (χ4n) is 2.75. The third kappa shape index (κ3) is 2.20. The van der Waals surface area contributed by atoms with Crippen molar-refractivity contribution in [3.63, 3.8) is 0 Å². The number of hydrogen-bond donors (Lipinski definition) is 2. The number of benzene rings is 1. The highest BCUT2D eigenvalue weighted by atomic mass is 19.4. The maximum absolute atomic E-state index is 13.0. The van der Waals surface area contributed by atoms with E-state index < -0.39 is 23.1 Å². The topological polar surface area (TPSA) is 63.3 Å². The molecule has 0 unspecified atom stereocenters. The van der Waals surface area contributed by atoms with E-state index in [1.807, 2.05) is 0 Å². The molecule has 1 fully saturated rings. The van der Waals surface area contributed by atoms with Crippen LogP contribution in [0.1, 0.15) is 24.0 Å². The van der Waals surface area contributed by atoms with E-state index in [0.29, 0.717) is 6.54 Å². The number of carboxylic acids is 1. The number of carboxylic acid groups (broad SMARTS) is 1. The quantitative estimate of drug-likeness (QED) is 0.888. The van der Waals surface area contributed by atoms with Crippen molar-refractivity contribution in [3.8, 4) is 0 Å². The Bertz CT molecular complexity index is 493. The summed E-state index contributed by atoms with van der Waals surface area (Å²) in [4.78, 5) is 11.4. The van der Waals surface area contributed by atoms with Crippen molar-refractivity contribution in [2.45, 2.75) is 24.4 Å². The molecule has 0 spiro atoms. The normalized spacial score (nSPS) is 26.8. The fraction of sp³-hybridized carbons (Fsp3) is 0.462. The summed E-state index contributed by atoms with van der Waals surface area (Å²) in [5.41, 5.74) is 2.97. The monoisotopic (exact) mass is 273 g/mol. The molecule has 1 saturated carbocycles. The van der Waals surface area contributed by atoms with Crippen molar-refractivity contribution in [3.05, 3.63) is 35.4 Å². The number of rotatable bonds is 3. The van der Waals surface area contributed by atoms with E-state index >= 15 is 0 Å². The predicted octanol–water partition coefficient (Wildman–Crippen LogP) is 2.40. The minimum atomic E-state index is -4.55. The molecule has 1 aliphatic rings. The Morgan fingerprint density at radius 2 is 1.95 bits per heavy atom. The average Bonchev–Trinajstić information content (AvgIpc) is 2.27. The zero-order valence-electron chi connectivity index (χ0n) is 10.1. The van der Waals surface area contributed by atoms with E-state index in [1.54, 1.807) is 0 Å². The van der Waals surface area contributed by atoms with Gasteiger partial charge in [0.2, 0.25) is 0 Å². The lowest BCUT2D eigenvalue weighted by atomic mass is 9.57. The van der Waals surface area contributed by atoms with Crippen LogP contribution in [-0.2, 0) is 16.4 Å². The van der Waals surface area contributed by atoms with E-state index in [-0.39, 0.29) is 24.3 Å². The Morgan fingerprint density at radius 1 is 1.37 bits per heavy atom. The van der Waals surface area contributed by atoms with Gasteiger partial charge < -0.3 is 10.8 Å². The minimum Gasteiger partial charge on any atom is -0.481 e. The number of carbonyl (C=O) groups is 1. The van der Waals surface area contributed by atoms with Crippen molar-refractivity contribution in [1.82, 2.24) is 0 Å². The molecule has 3 nitrogen and oxygen atoms in total. The molecule has 19 heavy (non-hydrogen) atoms. The van der Waals surface area contributed by atoms with Gasteiger partial charge in [-0.15, -0.1) is 0 Å². The number of halogens is 3. The number of nitrogens with two attached hydrogens (primary N) is 1. The first kappa shape index (κ1) is 13.9. The van der Waals surface area contributed by atoms with Crippen LogP contribution in [0, 0.1) is 5.92 Å².